The van der Waals surface area contributed by atoms with Crippen LogP contribution in [0.4, 0.5) is 5.13 Å². The highest BCUT2D eigenvalue weighted by molar-refractivity contribution is 7.22. The van der Waals surface area contributed by atoms with Crippen LogP contribution in [-0.4, -0.2) is 33.1 Å². The minimum Gasteiger partial charge on any atom is -0.350 e. The van der Waals surface area contributed by atoms with E-state index in [1.807, 2.05) is 49.1 Å². The predicted molar refractivity (Wildman–Crippen MR) is 120 cm³/mol. The Kier molecular flexibility index (Phi) is 6.83. The normalized spacial score (nSPS) is 10.9. The second-order valence-corrected chi connectivity index (χ2v) is 7.63. The summed E-state index contributed by atoms with van der Waals surface area (Å²) in [5.74, 6) is -0.330. The second kappa shape index (κ2) is 9.53. The Morgan fingerprint density at radius 1 is 1.20 bits per heavy atom. The number of hydrogen-bond donors (Lipinski definition) is 1. The Morgan fingerprint density at radius 2 is 1.90 bits per heavy atom. The van der Waals surface area contributed by atoms with E-state index in [1.54, 1.807) is 0 Å². The van der Waals surface area contributed by atoms with Gasteiger partial charge in [-0.05, 0) is 19.4 Å². The van der Waals surface area contributed by atoms with E-state index in [1.165, 1.54) is 22.0 Å². The summed E-state index contributed by atoms with van der Waals surface area (Å²) in [6.07, 6.45) is 1.49. The fourth-order valence-corrected chi connectivity index (χ4v) is 4.27. The highest BCUT2D eigenvalue weighted by Crippen LogP contribution is 2.25. The van der Waals surface area contributed by atoms with Crippen LogP contribution in [0, 0.1) is 0 Å². The Balaban J connectivity index is 2.00. The number of benzene rings is 1. The van der Waals surface area contributed by atoms with Crippen LogP contribution in [0.3, 0.4) is 0 Å². The van der Waals surface area contributed by atoms with E-state index in [4.69, 9.17) is 0 Å². The molecule has 2 heterocycles. The summed E-state index contributed by atoms with van der Waals surface area (Å²) in [6.45, 7) is 9.26. The fourth-order valence-electron chi connectivity index (χ4n) is 3.13. The van der Waals surface area contributed by atoms with E-state index < -0.39 is 11.2 Å². The molecule has 0 spiro atoms. The smallest absolute Gasteiger partial charge is 0.333 e. The van der Waals surface area contributed by atoms with Crippen LogP contribution in [-0.2, 0) is 24.4 Å². The third-order valence-corrected chi connectivity index (χ3v) is 5.83. The van der Waals surface area contributed by atoms with Crippen molar-refractivity contribution in [1.29, 1.82) is 0 Å². The van der Waals surface area contributed by atoms with Crippen molar-refractivity contribution in [2.24, 2.45) is 0 Å². The van der Waals surface area contributed by atoms with Crippen molar-refractivity contribution in [3.63, 3.8) is 0 Å². The van der Waals surface area contributed by atoms with E-state index in [-0.39, 0.29) is 24.6 Å². The number of carbonyl (C=O) groups is 1. The van der Waals surface area contributed by atoms with Gasteiger partial charge in [0.05, 0.1) is 0 Å². The molecule has 8 nitrogen and oxygen atoms in total. The van der Waals surface area contributed by atoms with Gasteiger partial charge in [-0.1, -0.05) is 47.7 Å². The molecule has 0 unspecified atom stereocenters. The summed E-state index contributed by atoms with van der Waals surface area (Å²) in [5.41, 5.74) is 0.218. The molecule has 3 aromatic rings. The first-order chi connectivity index (χ1) is 14.5. The van der Waals surface area contributed by atoms with Crippen molar-refractivity contribution in [3.8, 4) is 0 Å². The first kappa shape index (κ1) is 21.5. The van der Waals surface area contributed by atoms with Gasteiger partial charge in [0.25, 0.3) is 5.56 Å². The summed E-state index contributed by atoms with van der Waals surface area (Å²) in [6, 6.07) is 9.51. The minimum absolute atomic E-state index is 0.0672. The van der Waals surface area contributed by atoms with E-state index in [2.05, 4.69) is 16.9 Å². The maximum Gasteiger partial charge on any atom is 0.333 e. The molecule has 0 aliphatic rings. The molecule has 158 valence electrons. The number of anilines is 1. The number of fused-ring (bicyclic) bond motifs is 1. The molecule has 0 radical (unpaired) electrons. The molecule has 1 aromatic carbocycles. The van der Waals surface area contributed by atoms with Gasteiger partial charge in [-0.3, -0.25) is 18.7 Å². The average Bonchev–Trinajstić information content (AvgIpc) is 3.19. The zero-order valence-electron chi connectivity index (χ0n) is 17.1. The number of nitrogens with one attached hydrogen (secondary N) is 1. The summed E-state index contributed by atoms with van der Waals surface area (Å²) in [5, 5.41) is 3.47. The second-order valence-electron chi connectivity index (χ2n) is 6.66. The fraction of sp³-hybridized carbons (Fsp3) is 0.333. The molecule has 0 aliphatic heterocycles. The van der Waals surface area contributed by atoms with Crippen LogP contribution in [0.1, 0.15) is 19.4 Å². The first-order valence-corrected chi connectivity index (χ1v) is 10.6. The molecule has 3 rings (SSSR count). The van der Waals surface area contributed by atoms with Crippen molar-refractivity contribution < 1.29 is 4.79 Å². The number of hydrogen-bond acceptors (Lipinski definition) is 6. The molecule has 0 aliphatic carbocycles. The van der Waals surface area contributed by atoms with Crippen molar-refractivity contribution in [3.05, 3.63) is 69.4 Å². The van der Waals surface area contributed by atoms with Crippen molar-refractivity contribution in [2.45, 2.75) is 33.5 Å². The summed E-state index contributed by atoms with van der Waals surface area (Å²) >= 11 is 1.24. The molecule has 0 saturated heterocycles. The van der Waals surface area contributed by atoms with Gasteiger partial charge < -0.3 is 10.2 Å². The third kappa shape index (κ3) is 4.35. The topological polar surface area (TPSA) is 89.2 Å². The number of carbonyl (C=O) groups excluding carboxylic acids is 1. The van der Waals surface area contributed by atoms with Gasteiger partial charge in [-0.25, -0.2) is 9.78 Å². The van der Waals surface area contributed by atoms with Gasteiger partial charge >= 0.3 is 5.69 Å². The molecule has 2 aromatic heterocycles. The molecular formula is C21H25N5O3S. The van der Waals surface area contributed by atoms with Crippen LogP contribution in [0.2, 0.25) is 0 Å². The van der Waals surface area contributed by atoms with Gasteiger partial charge in [0.1, 0.15) is 11.2 Å². The van der Waals surface area contributed by atoms with Gasteiger partial charge in [0, 0.05) is 26.2 Å². The number of aromatic nitrogens is 3. The quantitative estimate of drug-likeness (QED) is 0.528. The molecule has 30 heavy (non-hydrogen) atoms. The molecule has 1 amide bonds. The van der Waals surface area contributed by atoms with Crippen LogP contribution in [0.15, 0.2) is 52.6 Å². The lowest BCUT2D eigenvalue weighted by molar-refractivity contribution is -0.121. The number of nitrogens with zero attached hydrogens (tertiary/aromatic N) is 4. The lowest BCUT2D eigenvalue weighted by atomic mass is 10.2. The molecule has 0 fully saturated rings. The molecule has 9 heteroatoms. The lowest BCUT2D eigenvalue weighted by Gasteiger charge is -2.16. The average molecular weight is 428 g/mol. The molecule has 0 saturated carbocycles. The van der Waals surface area contributed by atoms with Crippen LogP contribution < -0.4 is 21.5 Å². The SMILES string of the molecule is C=CCn1c(=O)c2sc(N(CC)CC)nc2n(CC(=O)NCc2ccccc2)c1=O. The van der Waals surface area contributed by atoms with Gasteiger partial charge in [-0.15, -0.1) is 6.58 Å². The van der Waals surface area contributed by atoms with Crippen LogP contribution in [0.25, 0.3) is 10.3 Å². The van der Waals surface area contributed by atoms with E-state index in [0.717, 1.165) is 23.2 Å². The van der Waals surface area contributed by atoms with E-state index in [9.17, 15) is 14.4 Å². The largest absolute Gasteiger partial charge is 0.350 e. The maximum absolute atomic E-state index is 13.0. The maximum atomic E-state index is 13.0. The molecule has 0 bridgehead atoms. The minimum atomic E-state index is -0.571. The standard InChI is InChI=1S/C21H25N5O3S/c1-4-12-25-19(28)17-18(23-20(30-17)24(5-2)6-3)26(21(25)29)14-16(27)22-13-15-10-8-7-9-11-15/h4,7-11H,1,5-6,12-14H2,2-3H3,(H,22,27). The first-order valence-electron chi connectivity index (χ1n) is 9.80. The Bertz CT molecular complexity index is 1160. The number of amides is 1. The highest BCUT2D eigenvalue weighted by Gasteiger charge is 2.20. The summed E-state index contributed by atoms with van der Waals surface area (Å²) in [7, 11) is 0. The van der Waals surface area contributed by atoms with Crippen molar-refractivity contribution in [1.82, 2.24) is 19.4 Å². The Hall–Kier alpha value is -3.20. The molecule has 0 atom stereocenters. The number of thiazole rings is 1. The summed E-state index contributed by atoms with van der Waals surface area (Å²) < 4.78 is 2.71. The summed E-state index contributed by atoms with van der Waals surface area (Å²) in [4.78, 5) is 44.9. The van der Waals surface area contributed by atoms with E-state index >= 15 is 0 Å². The van der Waals surface area contributed by atoms with Crippen LogP contribution in [0.5, 0.6) is 0 Å². The van der Waals surface area contributed by atoms with Crippen LogP contribution >= 0.6 is 11.3 Å². The third-order valence-electron chi connectivity index (χ3n) is 4.73. The predicted octanol–water partition coefficient (Wildman–Crippen LogP) is 1.97. The Morgan fingerprint density at radius 3 is 2.53 bits per heavy atom. The zero-order chi connectivity index (χ0) is 21.7. The monoisotopic (exact) mass is 427 g/mol. The van der Waals surface area contributed by atoms with Gasteiger partial charge in [-0.2, -0.15) is 0 Å². The van der Waals surface area contributed by atoms with Crippen molar-refractivity contribution in [2.75, 3.05) is 18.0 Å². The van der Waals surface area contributed by atoms with E-state index in [0.29, 0.717) is 16.4 Å². The molecule has 1 N–H and O–H groups in total. The van der Waals surface area contributed by atoms with Crippen molar-refractivity contribution >= 4 is 32.7 Å². The highest BCUT2D eigenvalue weighted by atomic mass is 32.1. The molecular weight excluding hydrogens is 402 g/mol. The lowest BCUT2D eigenvalue weighted by Crippen LogP contribution is -2.42. The van der Waals surface area contributed by atoms with Gasteiger partial charge in [0.15, 0.2) is 10.8 Å². The number of rotatable bonds is 9. The van der Waals surface area contributed by atoms with Gasteiger partial charge in [0.2, 0.25) is 5.91 Å². The Labute approximate surface area is 178 Å². The zero-order valence-corrected chi connectivity index (χ0v) is 17.9. The number of allylic oxidation sites excluding steroid dienone is 1.